The van der Waals surface area contributed by atoms with Crippen molar-refractivity contribution in [3.63, 3.8) is 0 Å². The molecule has 30 heavy (non-hydrogen) atoms. The third-order valence-corrected chi connectivity index (χ3v) is 4.23. The molecule has 0 radical (unpaired) electrons. The lowest BCUT2D eigenvalue weighted by Crippen LogP contribution is -2.03. The summed E-state index contributed by atoms with van der Waals surface area (Å²) in [7, 11) is 1.59. The van der Waals surface area contributed by atoms with Gasteiger partial charge in [0.15, 0.2) is 17.3 Å². The maximum absolute atomic E-state index is 12.9. The molecule has 162 valence electrons. The third-order valence-electron chi connectivity index (χ3n) is 4.23. The highest BCUT2D eigenvalue weighted by Gasteiger charge is 2.14. The van der Waals surface area contributed by atoms with Crippen LogP contribution in [0.15, 0.2) is 42.5 Å². The van der Waals surface area contributed by atoms with E-state index < -0.39 is 0 Å². The molecule has 0 fully saturated rings. The van der Waals surface area contributed by atoms with E-state index in [9.17, 15) is 4.79 Å². The number of hydrogen-bond donors (Lipinski definition) is 0. The normalized spacial score (nSPS) is 10.8. The minimum atomic E-state index is -0.137. The molecule has 0 aliphatic carbocycles. The van der Waals surface area contributed by atoms with E-state index in [0.29, 0.717) is 48.4 Å². The average molecular weight is 413 g/mol. The Balaban J connectivity index is 2.36. The maximum Gasteiger partial charge on any atom is 0.189 e. The number of carbonyl (C=O) groups is 1. The van der Waals surface area contributed by atoms with E-state index in [1.165, 1.54) is 6.08 Å². The Morgan fingerprint density at radius 3 is 2.23 bits per heavy atom. The van der Waals surface area contributed by atoms with Crippen LogP contribution in [0.2, 0.25) is 0 Å². The molecule has 2 rings (SSSR count). The van der Waals surface area contributed by atoms with E-state index in [-0.39, 0.29) is 5.78 Å². The molecule has 0 unspecified atom stereocenters. The van der Waals surface area contributed by atoms with Crippen LogP contribution in [0, 0.1) is 0 Å². The van der Waals surface area contributed by atoms with Gasteiger partial charge in [-0.05, 0) is 49.6 Å². The fourth-order valence-corrected chi connectivity index (χ4v) is 2.80. The van der Waals surface area contributed by atoms with Crippen molar-refractivity contribution < 1.29 is 23.7 Å². The first kappa shape index (κ1) is 23.3. The minimum absolute atomic E-state index is 0.137. The molecule has 5 heteroatoms. The number of hydrogen-bond acceptors (Lipinski definition) is 5. The predicted octanol–water partition coefficient (Wildman–Crippen LogP) is 5.96. The second-order valence-electron chi connectivity index (χ2n) is 6.78. The van der Waals surface area contributed by atoms with Gasteiger partial charge in [0, 0.05) is 11.6 Å². The number of benzene rings is 2. The summed E-state index contributed by atoms with van der Waals surface area (Å²) in [5.41, 5.74) is 1.26. The summed E-state index contributed by atoms with van der Waals surface area (Å²) in [6.45, 7) is 7.84. The number of ketones is 1. The first-order valence-electron chi connectivity index (χ1n) is 10.6. The molecule has 0 spiro atoms. The van der Waals surface area contributed by atoms with Gasteiger partial charge in [-0.15, -0.1) is 0 Å². The topological polar surface area (TPSA) is 54.0 Å². The van der Waals surface area contributed by atoms with E-state index in [4.69, 9.17) is 18.9 Å². The van der Waals surface area contributed by atoms with E-state index in [1.54, 1.807) is 19.3 Å². The number of ether oxygens (including phenoxy) is 4. The van der Waals surface area contributed by atoms with Crippen molar-refractivity contribution in [2.45, 2.75) is 40.0 Å². The molecular weight excluding hydrogens is 380 g/mol. The van der Waals surface area contributed by atoms with Gasteiger partial charge in [0.2, 0.25) is 0 Å². The molecule has 0 atom stereocenters. The lowest BCUT2D eigenvalue weighted by atomic mass is 10.1. The van der Waals surface area contributed by atoms with Crippen LogP contribution in [0.5, 0.6) is 23.0 Å². The summed E-state index contributed by atoms with van der Waals surface area (Å²) in [4.78, 5) is 12.9. The van der Waals surface area contributed by atoms with E-state index in [0.717, 1.165) is 24.8 Å². The van der Waals surface area contributed by atoms with Crippen molar-refractivity contribution in [2.75, 3.05) is 26.9 Å². The zero-order valence-electron chi connectivity index (χ0n) is 18.4. The molecule has 5 nitrogen and oxygen atoms in total. The van der Waals surface area contributed by atoms with E-state index in [1.807, 2.05) is 51.1 Å². The Labute approximate surface area is 179 Å². The fraction of sp³-hybridized carbons (Fsp3) is 0.400. The lowest BCUT2D eigenvalue weighted by Gasteiger charge is -2.15. The maximum atomic E-state index is 12.9. The first-order valence-corrected chi connectivity index (χ1v) is 10.6. The lowest BCUT2D eigenvalue weighted by molar-refractivity contribution is 0.104. The van der Waals surface area contributed by atoms with Crippen molar-refractivity contribution in [1.82, 2.24) is 0 Å². The summed E-state index contributed by atoms with van der Waals surface area (Å²) in [6, 6.07) is 11.0. The predicted molar refractivity (Wildman–Crippen MR) is 120 cm³/mol. The molecule has 2 aromatic rings. The van der Waals surface area contributed by atoms with Gasteiger partial charge in [0.05, 0.1) is 32.5 Å². The van der Waals surface area contributed by atoms with Crippen molar-refractivity contribution in [1.29, 1.82) is 0 Å². The minimum Gasteiger partial charge on any atom is -0.493 e. The smallest absolute Gasteiger partial charge is 0.189 e. The summed E-state index contributed by atoms with van der Waals surface area (Å²) in [6.07, 6.45) is 5.91. The van der Waals surface area contributed by atoms with Crippen molar-refractivity contribution in [3.8, 4) is 23.0 Å². The fourth-order valence-electron chi connectivity index (χ4n) is 2.80. The molecule has 2 aromatic carbocycles. The molecule has 0 bridgehead atoms. The largest absolute Gasteiger partial charge is 0.493 e. The third kappa shape index (κ3) is 6.55. The van der Waals surface area contributed by atoms with Gasteiger partial charge >= 0.3 is 0 Å². The molecular formula is C25H32O5. The summed E-state index contributed by atoms with van der Waals surface area (Å²) >= 11 is 0. The molecule has 0 saturated carbocycles. The molecule has 0 aliphatic heterocycles. The van der Waals surface area contributed by atoms with Gasteiger partial charge in [-0.2, -0.15) is 0 Å². The van der Waals surface area contributed by atoms with Crippen LogP contribution in [-0.2, 0) is 0 Å². The van der Waals surface area contributed by atoms with Gasteiger partial charge in [-0.1, -0.05) is 32.9 Å². The standard InChI is InChI=1S/C25H32O5/c1-5-14-28-20-17-19(25(30-16-7-3)24(18-20)27-4)12-13-22(26)21-10-8-9-11-23(21)29-15-6-2/h8-13,17-18H,5-7,14-16H2,1-4H3. The first-order chi connectivity index (χ1) is 14.6. The van der Waals surface area contributed by atoms with Crippen molar-refractivity contribution in [2.24, 2.45) is 0 Å². The summed E-state index contributed by atoms with van der Waals surface area (Å²) < 4.78 is 22.9. The van der Waals surface area contributed by atoms with E-state index >= 15 is 0 Å². The molecule has 0 heterocycles. The zero-order chi connectivity index (χ0) is 21.8. The van der Waals surface area contributed by atoms with Crippen molar-refractivity contribution >= 4 is 11.9 Å². The Morgan fingerprint density at radius 1 is 0.867 bits per heavy atom. The highest BCUT2D eigenvalue weighted by Crippen LogP contribution is 2.37. The highest BCUT2D eigenvalue weighted by atomic mass is 16.5. The molecule has 0 aliphatic rings. The van der Waals surface area contributed by atoms with Crippen LogP contribution in [-0.4, -0.2) is 32.7 Å². The van der Waals surface area contributed by atoms with Gasteiger partial charge < -0.3 is 18.9 Å². The molecule has 0 saturated heterocycles. The van der Waals surface area contributed by atoms with Crippen molar-refractivity contribution in [3.05, 3.63) is 53.6 Å². The number of methoxy groups -OCH3 is 1. The quantitative estimate of drug-likeness (QED) is 0.300. The number of allylic oxidation sites excluding steroid dienone is 1. The number of carbonyl (C=O) groups excluding carboxylic acids is 1. The van der Waals surface area contributed by atoms with E-state index in [2.05, 4.69) is 0 Å². The highest BCUT2D eigenvalue weighted by molar-refractivity contribution is 6.08. The zero-order valence-corrected chi connectivity index (χ0v) is 18.4. The second kappa shape index (κ2) is 12.6. The SMILES string of the molecule is CCCOc1cc(C=CC(=O)c2ccccc2OCCC)c(OCCC)c(OC)c1. The van der Waals surface area contributed by atoms with Crippen LogP contribution in [0.3, 0.4) is 0 Å². The number of rotatable bonds is 13. The molecule has 0 aromatic heterocycles. The summed E-state index contributed by atoms with van der Waals surface area (Å²) in [5, 5.41) is 0. The summed E-state index contributed by atoms with van der Waals surface area (Å²) in [5.74, 6) is 2.31. The Hall–Kier alpha value is -2.95. The Kier molecular flexibility index (Phi) is 9.78. The van der Waals surface area contributed by atoms with Gasteiger partial charge in [0.1, 0.15) is 11.5 Å². The number of para-hydroxylation sites is 1. The molecule has 0 N–H and O–H groups in total. The monoisotopic (exact) mass is 412 g/mol. The van der Waals surface area contributed by atoms with Crippen LogP contribution < -0.4 is 18.9 Å². The van der Waals surface area contributed by atoms with Crippen LogP contribution in [0.4, 0.5) is 0 Å². The second-order valence-corrected chi connectivity index (χ2v) is 6.78. The Morgan fingerprint density at radius 2 is 1.53 bits per heavy atom. The van der Waals surface area contributed by atoms with Crippen LogP contribution >= 0.6 is 0 Å². The Bertz CT molecular complexity index is 841. The van der Waals surface area contributed by atoms with Crippen LogP contribution in [0.1, 0.15) is 56.0 Å². The average Bonchev–Trinajstić information content (AvgIpc) is 2.78. The van der Waals surface area contributed by atoms with Gasteiger partial charge in [-0.25, -0.2) is 0 Å². The van der Waals surface area contributed by atoms with Gasteiger partial charge in [-0.3, -0.25) is 4.79 Å². The van der Waals surface area contributed by atoms with Gasteiger partial charge in [0.25, 0.3) is 0 Å². The molecule has 0 amide bonds. The van der Waals surface area contributed by atoms with Crippen LogP contribution in [0.25, 0.3) is 6.08 Å².